The van der Waals surface area contributed by atoms with E-state index in [0.717, 1.165) is 38.5 Å². The summed E-state index contributed by atoms with van der Waals surface area (Å²) in [5.74, 6) is 0. The van der Waals surface area contributed by atoms with Gasteiger partial charge in [0.15, 0.2) is 0 Å². The number of halogens is 2. The Morgan fingerprint density at radius 1 is 0.917 bits per heavy atom. The van der Waals surface area contributed by atoms with E-state index in [1.54, 1.807) is 0 Å². The number of nitrogens with one attached hydrogen (secondary N) is 1. The maximum absolute atomic E-state index is 5.39. The summed E-state index contributed by atoms with van der Waals surface area (Å²) < 4.78 is 5.39. The third kappa shape index (κ3) is 6.08. The second kappa shape index (κ2) is 11.0. The van der Waals surface area contributed by atoms with Gasteiger partial charge in [-0.2, -0.15) is 0 Å². The van der Waals surface area contributed by atoms with Crippen LogP contribution in [0.25, 0.3) is 6.08 Å². The van der Waals surface area contributed by atoms with Crippen LogP contribution in [0.5, 0.6) is 0 Å². The van der Waals surface area contributed by atoms with E-state index in [0.29, 0.717) is 0 Å². The molecule has 3 nitrogen and oxygen atoms in total. The molecule has 0 atom stereocenters. The maximum Gasteiger partial charge on any atom is 0.0642 e. The van der Waals surface area contributed by atoms with Crippen LogP contribution in [-0.4, -0.2) is 32.8 Å². The zero-order valence-electron chi connectivity index (χ0n) is 13.5. The maximum atomic E-state index is 5.39. The van der Waals surface area contributed by atoms with Crippen molar-refractivity contribution in [2.45, 2.75) is 0 Å². The largest absolute Gasteiger partial charge is 1.00 e. The van der Waals surface area contributed by atoms with Gasteiger partial charge >= 0.3 is 0 Å². The second-order valence-corrected chi connectivity index (χ2v) is 5.34. The molecule has 1 fully saturated rings. The minimum absolute atomic E-state index is 0. The van der Waals surface area contributed by atoms with E-state index in [9.17, 15) is 0 Å². The Balaban J connectivity index is 0.00000144. The van der Waals surface area contributed by atoms with Crippen LogP contribution < -0.4 is 35.0 Å². The zero-order valence-corrected chi connectivity index (χ0v) is 15.0. The lowest BCUT2D eigenvalue weighted by Crippen LogP contribution is -3.00. The Bertz CT molecular complexity index is 597. The monoisotopic (exact) mass is 364 g/mol. The first-order chi connectivity index (χ1) is 10.9. The molecule has 1 aliphatic rings. The van der Waals surface area contributed by atoms with Crippen LogP contribution in [0.1, 0.15) is 5.56 Å². The smallest absolute Gasteiger partial charge is 0.0642 e. The van der Waals surface area contributed by atoms with Crippen molar-refractivity contribution in [2.75, 3.05) is 43.1 Å². The molecule has 1 saturated heterocycles. The Labute approximate surface area is 156 Å². The van der Waals surface area contributed by atoms with Crippen molar-refractivity contribution in [2.24, 2.45) is 0 Å². The van der Waals surface area contributed by atoms with Crippen LogP contribution >= 0.6 is 0 Å². The SMILES string of the molecule is C(=C\c1ccccc1)/CNc1ccc(N2CCOCC2)cc1.[Cl-].[Cl-]. The first kappa shape index (κ1) is 20.4. The molecule has 0 unspecified atom stereocenters. The van der Waals surface area contributed by atoms with Gasteiger partial charge in [-0.25, -0.2) is 0 Å². The molecule has 24 heavy (non-hydrogen) atoms. The molecule has 0 radical (unpaired) electrons. The summed E-state index contributed by atoms with van der Waals surface area (Å²) in [5, 5.41) is 3.42. The summed E-state index contributed by atoms with van der Waals surface area (Å²) in [5.41, 5.74) is 3.65. The van der Waals surface area contributed by atoms with E-state index >= 15 is 0 Å². The Morgan fingerprint density at radius 2 is 1.58 bits per heavy atom. The van der Waals surface area contributed by atoms with E-state index in [4.69, 9.17) is 4.74 Å². The fraction of sp³-hybridized carbons (Fsp3) is 0.263. The molecule has 1 N–H and O–H groups in total. The van der Waals surface area contributed by atoms with Gasteiger partial charge in [-0.05, 0) is 29.8 Å². The van der Waals surface area contributed by atoms with E-state index < -0.39 is 0 Å². The molecular formula is C19H22Cl2N2O-2. The Morgan fingerprint density at radius 3 is 2.25 bits per heavy atom. The lowest BCUT2D eigenvalue weighted by Gasteiger charge is -2.28. The zero-order chi connectivity index (χ0) is 15.0. The van der Waals surface area contributed by atoms with Gasteiger partial charge in [0.1, 0.15) is 0 Å². The lowest BCUT2D eigenvalue weighted by atomic mass is 10.2. The van der Waals surface area contributed by atoms with E-state index in [1.165, 1.54) is 11.3 Å². The van der Waals surface area contributed by atoms with Crippen LogP contribution in [0, 0.1) is 0 Å². The summed E-state index contributed by atoms with van der Waals surface area (Å²) in [6, 6.07) is 19.0. The van der Waals surface area contributed by atoms with Gasteiger partial charge in [-0.15, -0.1) is 0 Å². The summed E-state index contributed by atoms with van der Waals surface area (Å²) in [6.07, 6.45) is 4.28. The summed E-state index contributed by atoms with van der Waals surface area (Å²) in [6.45, 7) is 4.43. The molecular weight excluding hydrogens is 343 g/mol. The quantitative estimate of drug-likeness (QED) is 0.643. The predicted octanol–water partition coefficient (Wildman–Crippen LogP) is -2.34. The molecule has 0 saturated carbocycles. The number of hydrogen-bond acceptors (Lipinski definition) is 3. The predicted molar refractivity (Wildman–Crippen MR) is 93.4 cm³/mol. The van der Waals surface area contributed by atoms with Crippen molar-refractivity contribution in [3.05, 3.63) is 66.2 Å². The van der Waals surface area contributed by atoms with Gasteiger partial charge in [0.2, 0.25) is 0 Å². The highest BCUT2D eigenvalue weighted by Crippen LogP contribution is 2.18. The van der Waals surface area contributed by atoms with Gasteiger partial charge in [0.05, 0.1) is 13.2 Å². The molecule has 2 aromatic rings. The van der Waals surface area contributed by atoms with Gasteiger partial charge in [-0.3, -0.25) is 0 Å². The van der Waals surface area contributed by atoms with Crippen molar-refractivity contribution >= 4 is 17.5 Å². The topological polar surface area (TPSA) is 24.5 Å². The van der Waals surface area contributed by atoms with Crippen LogP contribution in [0.15, 0.2) is 60.7 Å². The minimum Gasteiger partial charge on any atom is -1.00 e. The summed E-state index contributed by atoms with van der Waals surface area (Å²) in [7, 11) is 0. The molecule has 0 aromatic heterocycles. The van der Waals surface area contributed by atoms with Crippen molar-refractivity contribution in [3.8, 4) is 0 Å². The molecule has 130 valence electrons. The van der Waals surface area contributed by atoms with Crippen molar-refractivity contribution in [3.63, 3.8) is 0 Å². The second-order valence-electron chi connectivity index (χ2n) is 5.34. The number of hydrogen-bond donors (Lipinski definition) is 1. The molecule has 1 aliphatic heterocycles. The van der Waals surface area contributed by atoms with Gasteiger partial charge in [0, 0.05) is 31.0 Å². The van der Waals surface area contributed by atoms with Crippen molar-refractivity contribution < 1.29 is 29.6 Å². The van der Waals surface area contributed by atoms with Crippen LogP contribution in [0.2, 0.25) is 0 Å². The highest BCUT2D eigenvalue weighted by atomic mass is 35.5. The third-order valence-corrected chi connectivity index (χ3v) is 3.78. The van der Waals surface area contributed by atoms with Crippen molar-refractivity contribution in [1.29, 1.82) is 0 Å². The number of benzene rings is 2. The molecule has 0 aliphatic carbocycles. The number of anilines is 2. The fourth-order valence-corrected chi connectivity index (χ4v) is 2.55. The highest BCUT2D eigenvalue weighted by molar-refractivity contribution is 5.56. The molecule has 0 bridgehead atoms. The van der Waals surface area contributed by atoms with E-state index in [2.05, 4.69) is 70.9 Å². The van der Waals surface area contributed by atoms with E-state index in [1.807, 2.05) is 6.07 Å². The normalized spacial score (nSPS) is 13.9. The first-order valence-corrected chi connectivity index (χ1v) is 7.80. The number of morpholine rings is 1. The minimum atomic E-state index is 0. The van der Waals surface area contributed by atoms with Gasteiger partial charge in [0.25, 0.3) is 0 Å². The van der Waals surface area contributed by atoms with Gasteiger partial charge in [-0.1, -0.05) is 42.5 Å². The molecule has 3 rings (SSSR count). The number of rotatable bonds is 5. The Kier molecular flexibility index (Phi) is 9.31. The van der Waals surface area contributed by atoms with Crippen LogP contribution in [0.4, 0.5) is 11.4 Å². The molecule has 1 heterocycles. The first-order valence-electron chi connectivity index (χ1n) is 7.80. The Hall–Kier alpha value is -1.68. The summed E-state index contributed by atoms with van der Waals surface area (Å²) >= 11 is 0. The van der Waals surface area contributed by atoms with Crippen molar-refractivity contribution in [1.82, 2.24) is 0 Å². The molecule has 5 heteroatoms. The number of ether oxygens (including phenoxy) is 1. The van der Waals surface area contributed by atoms with E-state index in [-0.39, 0.29) is 24.8 Å². The van der Waals surface area contributed by atoms with Crippen LogP contribution in [-0.2, 0) is 4.74 Å². The fourth-order valence-electron chi connectivity index (χ4n) is 2.55. The van der Waals surface area contributed by atoms with Crippen LogP contribution in [0.3, 0.4) is 0 Å². The number of nitrogens with zero attached hydrogens (tertiary/aromatic N) is 1. The average molecular weight is 365 g/mol. The summed E-state index contributed by atoms with van der Waals surface area (Å²) in [4.78, 5) is 2.36. The highest BCUT2D eigenvalue weighted by Gasteiger charge is 2.10. The average Bonchev–Trinajstić information content (AvgIpc) is 2.61. The standard InChI is InChI=1S/C19H22N2O.2ClH/c1-2-5-17(6-3-1)7-4-12-20-18-8-10-19(11-9-18)21-13-15-22-16-14-21;;/h1-11,20H,12-16H2;2*1H/p-2/b7-4+;;. The molecule has 2 aromatic carbocycles. The van der Waals surface area contributed by atoms with Gasteiger partial charge < -0.3 is 39.8 Å². The lowest BCUT2D eigenvalue weighted by molar-refractivity contribution is -0.001000. The third-order valence-electron chi connectivity index (χ3n) is 3.78. The molecule has 0 spiro atoms. The molecule has 0 amide bonds.